The average molecular weight is 202 g/mol. The van der Waals surface area contributed by atoms with E-state index in [0.29, 0.717) is 0 Å². The van der Waals surface area contributed by atoms with Gasteiger partial charge in [-0.3, -0.25) is 15.0 Å². The Kier molecular flexibility index (Phi) is 7.74. The van der Waals surface area contributed by atoms with Crippen LogP contribution in [0.15, 0.2) is 4.99 Å². The van der Waals surface area contributed by atoms with Gasteiger partial charge in [0.05, 0.1) is 12.3 Å². The third kappa shape index (κ3) is 22.5. The van der Waals surface area contributed by atoms with E-state index in [2.05, 4.69) is 10.7 Å². The lowest BCUT2D eigenvalue weighted by Crippen LogP contribution is -2.23. The van der Waals surface area contributed by atoms with Gasteiger partial charge in [0.1, 0.15) is 0 Å². The van der Waals surface area contributed by atoms with Crippen LogP contribution in [0.4, 0.5) is 0 Å². The topological polar surface area (TPSA) is 174 Å². The summed E-state index contributed by atoms with van der Waals surface area (Å²) < 4.78 is 0. The third-order valence-electron chi connectivity index (χ3n) is 0.651. The number of nitrogens with zero attached hydrogens (tertiary/aromatic N) is 1. The van der Waals surface area contributed by atoms with Crippen molar-refractivity contribution in [1.82, 2.24) is 0 Å². The van der Waals surface area contributed by atoms with Crippen molar-refractivity contribution in [1.29, 1.82) is 5.41 Å². The maximum Gasteiger partial charge on any atom is 0.245 e. The summed E-state index contributed by atoms with van der Waals surface area (Å²) in [6, 6.07) is 0. The van der Waals surface area contributed by atoms with Crippen molar-refractivity contribution in [2.45, 2.75) is 13.3 Å². The number of carbonyl (C=O) groups is 2. The fourth-order valence-electron chi connectivity index (χ4n) is 0.370. The zero-order valence-corrected chi connectivity index (χ0v) is 7.78. The molecule has 8 heteroatoms. The number of aliphatic imine (C=N–C) groups is 1. The van der Waals surface area contributed by atoms with Crippen LogP contribution in [0, 0.1) is 5.41 Å². The number of carbonyl (C=O) groups excluding carboxylic acids is 2. The van der Waals surface area contributed by atoms with E-state index in [9.17, 15) is 9.59 Å². The van der Waals surface area contributed by atoms with E-state index in [1.807, 2.05) is 0 Å². The standard InChI is InChI=1S/2C3H7N3O/c1-2(7)6-3(4)5;4-2(5)1-3(6)7/h1H3,(H4,4,5,6,7);1H2,(H3,4,5)(H2,6,7). The first kappa shape index (κ1) is 14.4. The van der Waals surface area contributed by atoms with E-state index < -0.39 is 5.91 Å². The van der Waals surface area contributed by atoms with Crippen LogP contribution in [0.3, 0.4) is 0 Å². The molecule has 0 fully saturated rings. The molecule has 0 rings (SSSR count). The first-order valence-corrected chi connectivity index (χ1v) is 3.47. The molecular weight excluding hydrogens is 188 g/mol. The number of amidine groups is 1. The number of nitrogens with one attached hydrogen (secondary N) is 1. The summed E-state index contributed by atoms with van der Waals surface area (Å²) in [5.74, 6) is -1.31. The Balaban J connectivity index is 0. The van der Waals surface area contributed by atoms with Crippen LogP contribution in [0.5, 0.6) is 0 Å². The van der Waals surface area contributed by atoms with E-state index in [1.165, 1.54) is 6.92 Å². The Morgan fingerprint density at radius 2 is 1.64 bits per heavy atom. The largest absolute Gasteiger partial charge is 0.387 e. The fraction of sp³-hybridized carbons (Fsp3) is 0.333. The van der Waals surface area contributed by atoms with Crippen molar-refractivity contribution in [3.05, 3.63) is 0 Å². The van der Waals surface area contributed by atoms with E-state index in [-0.39, 0.29) is 24.1 Å². The molecule has 0 unspecified atom stereocenters. The van der Waals surface area contributed by atoms with Gasteiger partial charge in [0, 0.05) is 6.92 Å². The molecule has 0 heterocycles. The number of guanidine groups is 1. The summed E-state index contributed by atoms with van der Waals surface area (Å²) in [6.45, 7) is 1.28. The maximum absolute atomic E-state index is 9.91. The van der Waals surface area contributed by atoms with Gasteiger partial charge in [-0.1, -0.05) is 0 Å². The molecule has 80 valence electrons. The number of rotatable bonds is 2. The van der Waals surface area contributed by atoms with Gasteiger partial charge in [0.25, 0.3) is 0 Å². The molecule has 0 spiro atoms. The van der Waals surface area contributed by atoms with E-state index in [0.717, 1.165) is 0 Å². The average Bonchev–Trinajstić information content (AvgIpc) is 1.79. The van der Waals surface area contributed by atoms with Crippen LogP contribution < -0.4 is 22.9 Å². The number of hydrogen-bond acceptors (Lipinski definition) is 3. The van der Waals surface area contributed by atoms with Crippen molar-refractivity contribution < 1.29 is 9.59 Å². The zero-order valence-electron chi connectivity index (χ0n) is 7.78. The van der Waals surface area contributed by atoms with Crippen molar-refractivity contribution in [2.75, 3.05) is 0 Å². The summed E-state index contributed by atoms with van der Waals surface area (Å²) in [5.41, 5.74) is 19.0. The summed E-state index contributed by atoms with van der Waals surface area (Å²) in [6.07, 6.45) is -0.139. The van der Waals surface area contributed by atoms with Crippen molar-refractivity contribution >= 4 is 23.6 Å². The van der Waals surface area contributed by atoms with Gasteiger partial charge in [-0.2, -0.15) is 4.99 Å². The SMILES string of the molecule is CC(=O)N=C(N)N.N=C(N)CC(N)=O. The van der Waals surface area contributed by atoms with Gasteiger partial charge in [0.15, 0.2) is 5.96 Å². The minimum Gasteiger partial charge on any atom is -0.387 e. The van der Waals surface area contributed by atoms with Gasteiger partial charge < -0.3 is 22.9 Å². The minimum absolute atomic E-state index is 0.139. The zero-order chi connectivity index (χ0) is 11.7. The molecule has 8 nitrogen and oxygen atoms in total. The highest BCUT2D eigenvalue weighted by atomic mass is 16.1. The number of nitrogens with two attached hydrogens (primary N) is 4. The maximum atomic E-state index is 9.91. The quantitative estimate of drug-likeness (QED) is 0.247. The highest BCUT2D eigenvalue weighted by Crippen LogP contribution is 1.69. The normalized spacial score (nSPS) is 7.79. The van der Waals surface area contributed by atoms with Crippen molar-refractivity contribution in [2.24, 2.45) is 27.9 Å². The minimum atomic E-state index is -0.562. The Bertz CT molecular complexity index is 243. The second kappa shape index (κ2) is 7.53. The van der Waals surface area contributed by atoms with Gasteiger partial charge in [0.2, 0.25) is 11.8 Å². The van der Waals surface area contributed by atoms with Gasteiger partial charge in [-0.25, -0.2) is 0 Å². The molecule has 0 aliphatic rings. The van der Waals surface area contributed by atoms with Crippen LogP contribution in [0.2, 0.25) is 0 Å². The summed E-state index contributed by atoms with van der Waals surface area (Å²) in [4.78, 5) is 22.8. The van der Waals surface area contributed by atoms with Gasteiger partial charge >= 0.3 is 0 Å². The van der Waals surface area contributed by atoms with Crippen molar-refractivity contribution in [3.8, 4) is 0 Å². The molecule has 9 N–H and O–H groups in total. The first-order valence-electron chi connectivity index (χ1n) is 3.47. The molecule has 0 aromatic carbocycles. The highest BCUT2D eigenvalue weighted by molar-refractivity contribution is 5.96. The molecule has 0 aliphatic carbocycles. The lowest BCUT2D eigenvalue weighted by molar-refractivity contribution is -0.117. The summed E-state index contributed by atoms with van der Waals surface area (Å²) in [7, 11) is 0. The Morgan fingerprint density at radius 1 is 1.21 bits per heavy atom. The molecule has 0 bridgehead atoms. The summed E-state index contributed by atoms with van der Waals surface area (Å²) in [5, 5.41) is 6.50. The fourth-order valence-corrected chi connectivity index (χ4v) is 0.370. The van der Waals surface area contributed by atoms with Crippen LogP contribution in [-0.4, -0.2) is 23.6 Å². The van der Waals surface area contributed by atoms with Crippen LogP contribution in [0.1, 0.15) is 13.3 Å². The van der Waals surface area contributed by atoms with Gasteiger partial charge in [-0.05, 0) is 0 Å². The Hall–Kier alpha value is -2.12. The predicted molar refractivity (Wildman–Crippen MR) is 52.2 cm³/mol. The van der Waals surface area contributed by atoms with Crippen molar-refractivity contribution in [3.63, 3.8) is 0 Å². The molecule has 14 heavy (non-hydrogen) atoms. The van der Waals surface area contributed by atoms with E-state index >= 15 is 0 Å². The number of primary amides is 1. The van der Waals surface area contributed by atoms with E-state index in [1.54, 1.807) is 0 Å². The number of hydrogen-bond donors (Lipinski definition) is 5. The molecule has 0 aromatic heterocycles. The monoisotopic (exact) mass is 202 g/mol. The number of amides is 2. The molecule has 0 saturated carbocycles. The second-order valence-corrected chi connectivity index (χ2v) is 2.22. The van der Waals surface area contributed by atoms with Crippen LogP contribution in [0.25, 0.3) is 0 Å². The molecule has 2 amide bonds. The lowest BCUT2D eigenvalue weighted by Gasteiger charge is -1.86. The Labute approximate surface area is 80.8 Å². The molecule has 0 saturated heterocycles. The van der Waals surface area contributed by atoms with Crippen LogP contribution in [-0.2, 0) is 9.59 Å². The molecular formula is C6H14N6O2. The summed E-state index contributed by atoms with van der Waals surface area (Å²) >= 11 is 0. The first-order chi connectivity index (χ1) is 6.25. The third-order valence-corrected chi connectivity index (χ3v) is 0.651. The second-order valence-electron chi connectivity index (χ2n) is 2.22. The molecule has 0 aliphatic heterocycles. The molecule has 0 atom stereocenters. The lowest BCUT2D eigenvalue weighted by atomic mass is 10.4. The highest BCUT2D eigenvalue weighted by Gasteiger charge is 1.92. The smallest absolute Gasteiger partial charge is 0.245 e. The van der Waals surface area contributed by atoms with E-state index in [4.69, 9.17) is 22.6 Å². The predicted octanol–water partition coefficient (Wildman–Crippen LogP) is -2.40. The molecule has 0 radical (unpaired) electrons. The Morgan fingerprint density at radius 3 is 1.64 bits per heavy atom. The van der Waals surface area contributed by atoms with Gasteiger partial charge in [-0.15, -0.1) is 0 Å². The van der Waals surface area contributed by atoms with Crippen LogP contribution >= 0.6 is 0 Å². The molecule has 0 aromatic rings.